The van der Waals surface area contributed by atoms with Crippen LogP contribution in [0.2, 0.25) is 0 Å². The lowest BCUT2D eigenvalue weighted by molar-refractivity contribution is 0.461. The molecular weight excluding hydrogens is 202 g/mol. The van der Waals surface area contributed by atoms with E-state index in [0.29, 0.717) is 0 Å². The molecule has 0 aromatic heterocycles. The summed E-state index contributed by atoms with van der Waals surface area (Å²) in [5, 5.41) is 3.47. The van der Waals surface area contributed by atoms with Crippen molar-refractivity contribution in [1.82, 2.24) is 5.32 Å². The molecule has 2 rings (SSSR count). The van der Waals surface area contributed by atoms with Gasteiger partial charge < -0.3 is 5.32 Å². The summed E-state index contributed by atoms with van der Waals surface area (Å²) in [5.74, 6) is 1.66. The third-order valence-corrected chi connectivity index (χ3v) is 3.34. The number of aryl methyl sites for hydroxylation is 1. The summed E-state index contributed by atoms with van der Waals surface area (Å²) in [5.41, 5.74) is 2.93. The van der Waals surface area contributed by atoms with Crippen LogP contribution in [0.15, 0.2) is 24.3 Å². The van der Waals surface area contributed by atoms with E-state index in [0.717, 1.165) is 24.6 Å². The molecule has 1 aromatic carbocycles. The van der Waals surface area contributed by atoms with Crippen LogP contribution in [0.4, 0.5) is 0 Å². The third-order valence-electron chi connectivity index (χ3n) is 3.12. The van der Waals surface area contributed by atoms with Gasteiger partial charge in [-0.15, -0.1) is 0 Å². The molecule has 1 saturated heterocycles. The quantitative estimate of drug-likeness (QED) is 0.748. The second-order valence-electron chi connectivity index (χ2n) is 4.26. The molecule has 1 heterocycles. The Morgan fingerprint density at radius 3 is 3.07 bits per heavy atom. The molecule has 1 atom stereocenters. The zero-order chi connectivity index (χ0) is 10.5. The summed E-state index contributed by atoms with van der Waals surface area (Å²) in [6.45, 7) is 2.33. The van der Waals surface area contributed by atoms with Gasteiger partial charge in [0.1, 0.15) is 0 Å². The van der Waals surface area contributed by atoms with Crippen molar-refractivity contribution < 1.29 is 0 Å². The first-order valence-electron chi connectivity index (χ1n) is 5.80. The molecule has 1 nitrogen and oxygen atoms in total. The van der Waals surface area contributed by atoms with Gasteiger partial charge in [0, 0.05) is 6.54 Å². The molecule has 0 spiro atoms. The monoisotopic (exact) mass is 221 g/mol. The highest BCUT2D eigenvalue weighted by atomic mass is 32.1. The fourth-order valence-electron chi connectivity index (χ4n) is 2.27. The average Bonchev–Trinajstić information content (AvgIpc) is 2.31. The SMILES string of the molecule is SCCc1cccc(C2CCCNC2)c1. The van der Waals surface area contributed by atoms with Gasteiger partial charge in [-0.25, -0.2) is 0 Å². The minimum atomic E-state index is 0.721. The molecule has 15 heavy (non-hydrogen) atoms. The Morgan fingerprint density at radius 1 is 1.40 bits per heavy atom. The van der Waals surface area contributed by atoms with Gasteiger partial charge in [0.05, 0.1) is 0 Å². The summed E-state index contributed by atoms with van der Waals surface area (Å²) in [7, 11) is 0. The molecule has 1 unspecified atom stereocenters. The summed E-state index contributed by atoms with van der Waals surface area (Å²) in [4.78, 5) is 0. The second kappa shape index (κ2) is 5.57. The molecule has 0 saturated carbocycles. The van der Waals surface area contributed by atoms with Crippen molar-refractivity contribution in [3.63, 3.8) is 0 Å². The highest BCUT2D eigenvalue weighted by molar-refractivity contribution is 7.80. The molecule has 0 aliphatic carbocycles. The number of thiol groups is 1. The van der Waals surface area contributed by atoms with Gasteiger partial charge in [-0.05, 0) is 48.6 Å². The van der Waals surface area contributed by atoms with Crippen LogP contribution >= 0.6 is 12.6 Å². The molecule has 0 amide bonds. The van der Waals surface area contributed by atoms with Crippen molar-refractivity contribution >= 4 is 12.6 Å². The lowest BCUT2D eigenvalue weighted by Crippen LogP contribution is -2.28. The number of benzene rings is 1. The molecule has 1 aliphatic rings. The van der Waals surface area contributed by atoms with Gasteiger partial charge >= 0.3 is 0 Å². The average molecular weight is 221 g/mol. The first kappa shape index (κ1) is 11.0. The Bertz CT molecular complexity index is 305. The maximum atomic E-state index is 4.28. The van der Waals surface area contributed by atoms with Crippen LogP contribution in [0.5, 0.6) is 0 Å². The number of piperidine rings is 1. The normalized spacial score (nSPS) is 21.5. The molecule has 0 radical (unpaired) electrons. The van der Waals surface area contributed by atoms with Crippen molar-refractivity contribution in [3.05, 3.63) is 35.4 Å². The molecule has 1 fully saturated rings. The zero-order valence-corrected chi connectivity index (χ0v) is 9.97. The Morgan fingerprint density at radius 2 is 2.33 bits per heavy atom. The van der Waals surface area contributed by atoms with Crippen LogP contribution in [0.1, 0.15) is 29.9 Å². The molecule has 1 N–H and O–H groups in total. The molecule has 1 aromatic rings. The van der Waals surface area contributed by atoms with Crippen LogP contribution < -0.4 is 5.32 Å². The molecule has 2 heteroatoms. The highest BCUT2D eigenvalue weighted by Gasteiger charge is 2.14. The molecular formula is C13H19NS. The first-order valence-corrected chi connectivity index (χ1v) is 6.44. The van der Waals surface area contributed by atoms with E-state index in [-0.39, 0.29) is 0 Å². The Hall–Kier alpha value is -0.470. The Kier molecular flexibility index (Phi) is 4.09. The fourth-order valence-corrected chi connectivity index (χ4v) is 2.53. The van der Waals surface area contributed by atoms with Crippen LogP contribution in [0.25, 0.3) is 0 Å². The lowest BCUT2D eigenvalue weighted by Gasteiger charge is -2.23. The predicted molar refractivity (Wildman–Crippen MR) is 68.8 cm³/mol. The Labute approximate surface area is 97.7 Å². The number of hydrogen-bond acceptors (Lipinski definition) is 2. The van der Waals surface area contributed by atoms with E-state index in [2.05, 4.69) is 42.2 Å². The van der Waals surface area contributed by atoms with E-state index in [4.69, 9.17) is 0 Å². The van der Waals surface area contributed by atoms with E-state index >= 15 is 0 Å². The topological polar surface area (TPSA) is 12.0 Å². The third kappa shape index (κ3) is 2.99. The van der Waals surface area contributed by atoms with Gasteiger partial charge in [0.15, 0.2) is 0 Å². The van der Waals surface area contributed by atoms with Crippen molar-refractivity contribution in [1.29, 1.82) is 0 Å². The maximum Gasteiger partial charge on any atom is 0.00201 e. The Balaban J connectivity index is 2.09. The maximum absolute atomic E-state index is 4.28. The van der Waals surface area contributed by atoms with Crippen LogP contribution in [-0.2, 0) is 6.42 Å². The van der Waals surface area contributed by atoms with Crippen LogP contribution in [0, 0.1) is 0 Å². The lowest BCUT2D eigenvalue weighted by atomic mass is 9.90. The van der Waals surface area contributed by atoms with Gasteiger partial charge in [0.2, 0.25) is 0 Å². The summed E-state index contributed by atoms with van der Waals surface area (Å²) < 4.78 is 0. The minimum absolute atomic E-state index is 0.721. The van der Waals surface area contributed by atoms with Crippen molar-refractivity contribution in [3.8, 4) is 0 Å². The fraction of sp³-hybridized carbons (Fsp3) is 0.538. The van der Waals surface area contributed by atoms with E-state index in [1.54, 1.807) is 0 Å². The number of rotatable bonds is 3. The van der Waals surface area contributed by atoms with Gasteiger partial charge in [-0.2, -0.15) is 12.6 Å². The second-order valence-corrected chi connectivity index (χ2v) is 4.71. The van der Waals surface area contributed by atoms with Gasteiger partial charge in [-0.3, -0.25) is 0 Å². The van der Waals surface area contributed by atoms with Gasteiger partial charge in [-0.1, -0.05) is 24.3 Å². The van der Waals surface area contributed by atoms with Crippen molar-refractivity contribution in [2.45, 2.75) is 25.2 Å². The van der Waals surface area contributed by atoms with E-state index in [1.807, 2.05) is 0 Å². The summed E-state index contributed by atoms with van der Waals surface area (Å²) >= 11 is 4.28. The minimum Gasteiger partial charge on any atom is -0.316 e. The first-order chi connectivity index (χ1) is 7.40. The van der Waals surface area contributed by atoms with Crippen LogP contribution in [0.3, 0.4) is 0 Å². The largest absolute Gasteiger partial charge is 0.316 e. The van der Waals surface area contributed by atoms with Crippen LogP contribution in [-0.4, -0.2) is 18.8 Å². The zero-order valence-electron chi connectivity index (χ0n) is 9.08. The smallest absolute Gasteiger partial charge is 0.00201 e. The van der Waals surface area contributed by atoms with E-state index in [9.17, 15) is 0 Å². The van der Waals surface area contributed by atoms with Crippen molar-refractivity contribution in [2.24, 2.45) is 0 Å². The summed E-state index contributed by atoms with van der Waals surface area (Å²) in [6.07, 6.45) is 3.72. The highest BCUT2D eigenvalue weighted by Crippen LogP contribution is 2.23. The number of nitrogens with one attached hydrogen (secondary N) is 1. The molecule has 82 valence electrons. The molecule has 1 aliphatic heterocycles. The number of hydrogen-bond donors (Lipinski definition) is 2. The molecule has 0 bridgehead atoms. The van der Waals surface area contributed by atoms with Crippen molar-refractivity contribution in [2.75, 3.05) is 18.8 Å². The van der Waals surface area contributed by atoms with E-state index < -0.39 is 0 Å². The van der Waals surface area contributed by atoms with E-state index in [1.165, 1.54) is 30.5 Å². The standard InChI is InChI=1S/C13H19NS/c15-8-6-11-3-1-4-12(9-11)13-5-2-7-14-10-13/h1,3-4,9,13-15H,2,5-8,10H2. The summed E-state index contributed by atoms with van der Waals surface area (Å²) in [6, 6.07) is 9.01. The predicted octanol–water partition coefficient (Wildman–Crippen LogP) is 2.63. The van der Waals surface area contributed by atoms with Gasteiger partial charge in [0.25, 0.3) is 0 Å².